The van der Waals surface area contributed by atoms with E-state index in [1.807, 2.05) is 30.0 Å². The molecule has 0 saturated carbocycles. The third kappa shape index (κ3) is 4.18. The molecule has 1 heterocycles. The molecule has 2 aromatic carbocycles. The number of nitrogens with one attached hydrogen (secondary N) is 1. The largest absolute Gasteiger partial charge is 0.495 e. The first-order valence-corrected chi connectivity index (χ1v) is 9.57. The minimum Gasteiger partial charge on any atom is -0.495 e. The van der Waals surface area contributed by atoms with Crippen LogP contribution >= 0.6 is 0 Å². The normalized spacial score (nSPS) is 14.2. The van der Waals surface area contributed by atoms with E-state index in [2.05, 4.69) is 42.3 Å². The summed E-state index contributed by atoms with van der Waals surface area (Å²) in [7, 11) is 1.70. The molecular weight excluding hydrogens is 338 g/mol. The molecule has 144 valence electrons. The molecule has 3 rings (SSSR count). The van der Waals surface area contributed by atoms with Gasteiger partial charge in [-0.15, -0.1) is 0 Å². The van der Waals surface area contributed by atoms with E-state index in [9.17, 15) is 4.79 Å². The lowest BCUT2D eigenvalue weighted by Crippen LogP contribution is -2.50. The molecule has 0 aliphatic carbocycles. The van der Waals surface area contributed by atoms with Crippen molar-refractivity contribution in [2.45, 2.75) is 27.2 Å². The number of rotatable bonds is 4. The lowest BCUT2D eigenvalue weighted by Gasteiger charge is -2.36. The number of carbonyl (C=O) groups excluding carboxylic acids is 1. The molecule has 0 unspecified atom stereocenters. The first-order chi connectivity index (χ1) is 13.0. The minimum atomic E-state index is -0.0187. The highest BCUT2D eigenvalue weighted by atomic mass is 16.5. The Morgan fingerprint density at radius 2 is 1.85 bits per heavy atom. The molecule has 0 radical (unpaired) electrons. The number of hydrogen-bond donors (Lipinski definition) is 1. The summed E-state index contributed by atoms with van der Waals surface area (Å²) < 4.78 is 5.51. The zero-order chi connectivity index (χ0) is 19.4. The molecule has 1 aliphatic rings. The average molecular weight is 367 g/mol. The van der Waals surface area contributed by atoms with Crippen LogP contribution in [0.5, 0.6) is 5.75 Å². The van der Waals surface area contributed by atoms with Crippen LogP contribution in [0.25, 0.3) is 0 Å². The molecular formula is C22H29N3O2. The fourth-order valence-electron chi connectivity index (χ4n) is 3.59. The first-order valence-electron chi connectivity index (χ1n) is 9.57. The Morgan fingerprint density at radius 1 is 1.11 bits per heavy atom. The third-order valence-electron chi connectivity index (χ3n) is 5.21. The predicted octanol–water partition coefficient (Wildman–Crippen LogP) is 4.23. The maximum Gasteiger partial charge on any atom is 0.321 e. The van der Waals surface area contributed by atoms with Crippen molar-refractivity contribution in [3.05, 3.63) is 53.1 Å². The molecule has 2 aromatic rings. The van der Waals surface area contributed by atoms with E-state index in [4.69, 9.17) is 4.74 Å². The Bertz CT molecular complexity index is 811. The van der Waals surface area contributed by atoms with Gasteiger partial charge in [-0.05, 0) is 49.1 Å². The number of anilines is 2. The van der Waals surface area contributed by atoms with Crippen molar-refractivity contribution in [2.24, 2.45) is 0 Å². The fraction of sp³-hybridized carbons (Fsp3) is 0.409. The van der Waals surface area contributed by atoms with Crippen molar-refractivity contribution in [3.8, 4) is 5.75 Å². The van der Waals surface area contributed by atoms with Crippen LogP contribution in [-0.2, 0) is 6.42 Å². The summed E-state index contributed by atoms with van der Waals surface area (Å²) in [5, 5.41) is 3.13. The quantitative estimate of drug-likeness (QED) is 0.880. The Balaban J connectivity index is 1.66. The molecule has 0 spiro atoms. The van der Waals surface area contributed by atoms with Crippen molar-refractivity contribution in [1.29, 1.82) is 0 Å². The number of carbonyl (C=O) groups is 1. The van der Waals surface area contributed by atoms with Gasteiger partial charge in [-0.3, -0.25) is 0 Å². The third-order valence-corrected chi connectivity index (χ3v) is 5.21. The van der Waals surface area contributed by atoms with E-state index in [0.717, 1.165) is 42.2 Å². The monoisotopic (exact) mass is 367 g/mol. The molecule has 1 N–H and O–H groups in total. The van der Waals surface area contributed by atoms with E-state index in [1.165, 1.54) is 11.1 Å². The zero-order valence-corrected chi connectivity index (χ0v) is 16.7. The molecule has 27 heavy (non-hydrogen) atoms. The van der Waals surface area contributed by atoms with Crippen LogP contribution < -0.4 is 15.0 Å². The van der Waals surface area contributed by atoms with Crippen molar-refractivity contribution >= 4 is 17.4 Å². The first kappa shape index (κ1) is 19.1. The second-order valence-electron chi connectivity index (χ2n) is 7.04. The number of para-hydroxylation sites is 1. The Hall–Kier alpha value is -2.69. The lowest BCUT2D eigenvalue weighted by atomic mass is 10.1. The van der Waals surface area contributed by atoms with Gasteiger partial charge in [0, 0.05) is 31.9 Å². The number of hydrogen-bond acceptors (Lipinski definition) is 3. The second kappa shape index (κ2) is 8.33. The van der Waals surface area contributed by atoms with Gasteiger partial charge < -0.3 is 19.9 Å². The number of urea groups is 1. The van der Waals surface area contributed by atoms with Crippen LogP contribution in [0, 0.1) is 13.8 Å². The highest BCUT2D eigenvalue weighted by Crippen LogP contribution is 2.30. The number of ether oxygens (including phenoxy) is 1. The Kier molecular flexibility index (Phi) is 5.89. The average Bonchev–Trinajstić information content (AvgIpc) is 2.69. The number of benzene rings is 2. The number of aryl methyl sites for hydroxylation is 3. The van der Waals surface area contributed by atoms with Gasteiger partial charge in [0.2, 0.25) is 0 Å². The van der Waals surface area contributed by atoms with Gasteiger partial charge in [0.1, 0.15) is 5.75 Å². The number of amides is 2. The van der Waals surface area contributed by atoms with Gasteiger partial charge in [0.05, 0.1) is 12.8 Å². The van der Waals surface area contributed by atoms with Crippen molar-refractivity contribution in [3.63, 3.8) is 0 Å². The van der Waals surface area contributed by atoms with E-state index in [-0.39, 0.29) is 6.03 Å². The summed E-state index contributed by atoms with van der Waals surface area (Å²) >= 11 is 0. The molecule has 1 saturated heterocycles. The SMILES string of the molecule is CCc1cccc(C)c1NC(=O)N1CCN(c2cc(C)ccc2OC)CC1. The predicted molar refractivity (Wildman–Crippen MR) is 111 cm³/mol. The number of nitrogens with zero attached hydrogens (tertiary/aromatic N) is 2. The molecule has 0 atom stereocenters. The maximum absolute atomic E-state index is 12.8. The van der Waals surface area contributed by atoms with Crippen LogP contribution in [0.4, 0.5) is 16.2 Å². The van der Waals surface area contributed by atoms with Gasteiger partial charge in [-0.1, -0.05) is 31.2 Å². The highest BCUT2D eigenvalue weighted by molar-refractivity contribution is 5.91. The Morgan fingerprint density at radius 3 is 2.52 bits per heavy atom. The highest BCUT2D eigenvalue weighted by Gasteiger charge is 2.23. The molecule has 5 nitrogen and oxygen atoms in total. The number of methoxy groups -OCH3 is 1. The number of piperazine rings is 1. The molecule has 0 bridgehead atoms. The van der Waals surface area contributed by atoms with Gasteiger partial charge >= 0.3 is 6.03 Å². The van der Waals surface area contributed by atoms with Crippen molar-refractivity contribution < 1.29 is 9.53 Å². The van der Waals surface area contributed by atoms with Gasteiger partial charge in [-0.2, -0.15) is 0 Å². The van der Waals surface area contributed by atoms with Crippen LogP contribution in [-0.4, -0.2) is 44.2 Å². The van der Waals surface area contributed by atoms with Crippen molar-refractivity contribution in [1.82, 2.24) is 4.90 Å². The summed E-state index contributed by atoms with van der Waals surface area (Å²) in [6.45, 7) is 9.20. The summed E-state index contributed by atoms with van der Waals surface area (Å²) in [6, 6.07) is 12.3. The maximum atomic E-state index is 12.8. The summed E-state index contributed by atoms with van der Waals surface area (Å²) in [4.78, 5) is 17.0. The van der Waals surface area contributed by atoms with Gasteiger partial charge in [0.15, 0.2) is 0 Å². The van der Waals surface area contributed by atoms with E-state index < -0.39 is 0 Å². The molecule has 1 fully saturated rings. The second-order valence-corrected chi connectivity index (χ2v) is 7.04. The summed E-state index contributed by atoms with van der Waals surface area (Å²) in [5.74, 6) is 0.881. The molecule has 1 aliphatic heterocycles. The van der Waals surface area contributed by atoms with Gasteiger partial charge in [0.25, 0.3) is 0 Å². The van der Waals surface area contributed by atoms with E-state index >= 15 is 0 Å². The van der Waals surface area contributed by atoms with Crippen LogP contribution in [0.3, 0.4) is 0 Å². The fourth-order valence-corrected chi connectivity index (χ4v) is 3.59. The van der Waals surface area contributed by atoms with E-state index in [1.54, 1.807) is 7.11 Å². The van der Waals surface area contributed by atoms with Gasteiger partial charge in [-0.25, -0.2) is 4.79 Å². The van der Waals surface area contributed by atoms with Crippen LogP contribution in [0.2, 0.25) is 0 Å². The summed E-state index contributed by atoms with van der Waals surface area (Å²) in [6.07, 6.45) is 0.901. The smallest absolute Gasteiger partial charge is 0.321 e. The zero-order valence-electron chi connectivity index (χ0n) is 16.7. The molecule has 5 heteroatoms. The minimum absolute atomic E-state index is 0.0187. The van der Waals surface area contributed by atoms with E-state index in [0.29, 0.717) is 13.1 Å². The lowest BCUT2D eigenvalue weighted by molar-refractivity contribution is 0.208. The molecule has 2 amide bonds. The molecule has 0 aromatic heterocycles. The standard InChI is InChI=1S/C22H29N3O2/c1-5-18-8-6-7-17(3)21(18)23-22(26)25-13-11-24(12-14-25)19-15-16(2)9-10-20(19)27-4/h6-10,15H,5,11-14H2,1-4H3,(H,23,26). The van der Waals surface area contributed by atoms with Crippen LogP contribution in [0.1, 0.15) is 23.6 Å². The van der Waals surface area contributed by atoms with Crippen molar-refractivity contribution in [2.75, 3.05) is 43.5 Å². The van der Waals surface area contributed by atoms with Crippen LogP contribution in [0.15, 0.2) is 36.4 Å². The topological polar surface area (TPSA) is 44.8 Å². The summed E-state index contributed by atoms with van der Waals surface area (Å²) in [5.41, 5.74) is 5.53. The Labute approximate surface area is 161 Å².